The minimum absolute atomic E-state index is 0.0296. The van der Waals surface area contributed by atoms with E-state index in [0.29, 0.717) is 10.7 Å². The lowest BCUT2D eigenvalue weighted by atomic mass is 9.85. The maximum Gasteiger partial charge on any atom is 0.238 e. The number of amides is 2. The van der Waals surface area contributed by atoms with Gasteiger partial charge < -0.3 is 0 Å². The molecular weight excluding hydrogens is 298 g/mol. The first-order chi connectivity index (χ1) is 10.5. The van der Waals surface area contributed by atoms with Crippen molar-refractivity contribution in [1.29, 1.82) is 0 Å². The monoisotopic (exact) mass is 313 g/mol. The van der Waals surface area contributed by atoms with Crippen molar-refractivity contribution >= 4 is 29.1 Å². The van der Waals surface area contributed by atoms with Gasteiger partial charge >= 0.3 is 0 Å². The van der Waals surface area contributed by atoms with Crippen LogP contribution in [0.1, 0.15) is 18.4 Å². The van der Waals surface area contributed by atoms with Crippen LogP contribution in [0, 0.1) is 36.0 Å². The molecule has 2 amide bonds. The first kappa shape index (κ1) is 12.9. The van der Waals surface area contributed by atoms with Gasteiger partial charge in [-0.05, 0) is 54.7 Å². The van der Waals surface area contributed by atoms with Gasteiger partial charge in [0.15, 0.2) is 0 Å². The van der Waals surface area contributed by atoms with E-state index in [1.807, 2.05) is 19.1 Å². The fourth-order valence-corrected chi connectivity index (χ4v) is 5.23. The zero-order valence-electron chi connectivity index (χ0n) is 12.3. The summed E-state index contributed by atoms with van der Waals surface area (Å²) in [5.74, 6) is 0.181. The normalized spacial score (nSPS) is 36.5. The van der Waals surface area contributed by atoms with Crippen molar-refractivity contribution in [3.05, 3.63) is 40.9 Å². The molecule has 4 atom stereocenters. The number of carbonyl (C=O) groups is 2. The summed E-state index contributed by atoms with van der Waals surface area (Å²) in [7, 11) is 0. The van der Waals surface area contributed by atoms with E-state index in [4.69, 9.17) is 11.6 Å². The number of aryl methyl sites for hydroxylation is 1. The number of carbonyl (C=O) groups excluding carboxylic acids is 2. The molecule has 3 fully saturated rings. The summed E-state index contributed by atoms with van der Waals surface area (Å²) in [4.78, 5) is 27.2. The molecule has 2 saturated carbocycles. The predicted octanol–water partition coefficient (Wildman–Crippen LogP) is 3.35. The second-order valence-electron chi connectivity index (χ2n) is 7.17. The number of anilines is 1. The molecule has 0 unspecified atom stereocenters. The van der Waals surface area contributed by atoms with Crippen molar-refractivity contribution in [2.24, 2.45) is 29.1 Å². The summed E-state index contributed by atoms with van der Waals surface area (Å²) >= 11 is 6.17. The lowest BCUT2D eigenvalue weighted by Crippen LogP contribution is -2.34. The molecular formula is C18H16ClNO2. The largest absolute Gasteiger partial charge is 0.274 e. The Labute approximate surface area is 133 Å². The van der Waals surface area contributed by atoms with Gasteiger partial charge in [-0.3, -0.25) is 9.59 Å². The van der Waals surface area contributed by atoms with Crippen LogP contribution in [0.5, 0.6) is 0 Å². The van der Waals surface area contributed by atoms with Crippen molar-refractivity contribution in [2.45, 2.75) is 19.8 Å². The van der Waals surface area contributed by atoms with Gasteiger partial charge in [0, 0.05) is 5.02 Å². The fraction of sp³-hybridized carbons (Fsp3) is 0.444. The van der Waals surface area contributed by atoms with Crippen LogP contribution in [-0.4, -0.2) is 11.8 Å². The predicted molar refractivity (Wildman–Crippen MR) is 83.4 cm³/mol. The van der Waals surface area contributed by atoms with Gasteiger partial charge in [-0.2, -0.15) is 0 Å². The van der Waals surface area contributed by atoms with Crippen LogP contribution in [-0.2, 0) is 9.59 Å². The Morgan fingerprint density at radius 1 is 1.09 bits per heavy atom. The van der Waals surface area contributed by atoms with E-state index >= 15 is 0 Å². The van der Waals surface area contributed by atoms with E-state index in [9.17, 15) is 9.59 Å². The van der Waals surface area contributed by atoms with E-state index in [1.165, 1.54) is 17.7 Å². The quantitative estimate of drug-likeness (QED) is 0.589. The Hall–Kier alpha value is -1.61. The standard InChI is InChI=1S/C18H16ClNO2/c1-9-2-3-10(8-13(9)19)20-16(21)14-11-4-5-12(15(14)17(20)22)18(11)6-7-18/h2-5,8,11-12,14-15H,6-7H2,1H3/t11-,12-,14-,15-/m0/s1. The zero-order chi connectivity index (χ0) is 15.2. The van der Waals surface area contributed by atoms with Crippen molar-refractivity contribution in [3.8, 4) is 0 Å². The number of imide groups is 1. The van der Waals surface area contributed by atoms with Gasteiger partial charge in [-0.1, -0.05) is 29.8 Å². The number of nitrogens with zero attached hydrogens (tertiary/aromatic N) is 1. The molecule has 22 heavy (non-hydrogen) atoms. The first-order valence-electron chi connectivity index (χ1n) is 7.87. The van der Waals surface area contributed by atoms with Gasteiger partial charge in [-0.25, -0.2) is 4.90 Å². The van der Waals surface area contributed by atoms with Gasteiger partial charge in [0.1, 0.15) is 0 Å². The number of fused-ring (bicyclic) bond motifs is 3. The van der Waals surface area contributed by atoms with E-state index in [2.05, 4.69) is 12.2 Å². The highest BCUT2D eigenvalue weighted by atomic mass is 35.5. The van der Waals surface area contributed by atoms with E-state index < -0.39 is 0 Å². The SMILES string of the molecule is Cc1ccc(N2C(=O)[C@@H]3[C@@H](C2=O)[C@@H]2C=C[C@@H]3C23CC3)cc1Cl. The average molecular weight is 314 g/mol. The molecule has 1 spiro atoms. The zero-order valence-corrected chi connectivity index (χ0v) is 13.0. The fourth-order valence-electron chi connectivity index (χ4n) is 5.05. The lowest BCUT2D eigenvalue weighted by molar-refractivity contribution is -0.123. The summed E-state index contributed by atoms with van der Waals surface area (Å²) < 4.78 is 0. The highest BCUT2D eigenvalue weighted by Gasteiger charge is 2.73. The highest BCUT2D eigenvalue weighted by Crippen LogP contribution is 2.73. The number of benzene rings is 1. The molecule has 2 bridgehead atoms. The summed E-state index contributed by atoms with van der Waals surface area (Å²) in [6.45, 7) is 1.91. The molecule has 4 aliphatic rings. The molecule has 1 aromatic rings. The molecule has 0 N–H and O–H groups in total. The Kier molecular flexibility index (Phi) is 2.24. The van der Waals surface area contributed by atoms with Gasteiger partial charge in [-0.15, -0.1) is 0 Å². The van der Waals surface area contributed by atoms with Crippen LogP contribution in [0.15, 0.2) is 30.4 Å². The lowest BCUT2D eigenvalue weighted by Gasteiger charge is -2.22. The third kappa shape index (κ3) is 1.30. The topological polar surface area (TPSA) is 37.4 Å². The summed E-state index contributed by atoms with van der Waals surface area (Å²) in [5, 5.41) is 0.593. The molecule has 1 aliphatic heterocycles. The average Bonchev–Trinajstić information content (AvgIpc) is 3.08. The van der Waals surface area contributed by atoms with Crippen LogP contribution < -0.4 is 4.90 Å². The smallest absolute Gasteiger partial charge is 0.238 e. The maximum atomic E-state index is 12.9. The third-order valence-corrected chi connectivity index (χ3v) is 6.67. The minimum atomic E-state index is -0.148. The van der Waals surface area contributed by atoms with Crippen LogP contribution in [0.25, 0.3) is 0 Å². The Morgan fingerprint density at radius 3 is 2.18 bits per heavy atom. The molecule has 1 heterocycles. The van der Waals surface area contributed by atoms with Gasteiger partial charge in [0.2, 0.25) is 11.8 Å². The number of halogens is 1. The minimum Gasteiger partial charge on any atom is -0.274 e. The molecule has 5 rings (SSSR count). The van der Waals surface area contributed by atoms with Crippen molar-refractivity contribution < 1.29 is 9.59 Å². The molecule has 1 aromatic carbocycles. The van der Waals surface area contributed by atoms with Crippen molar-refractivity contribution in [2.75, 3.05) is 4.90 Å². The number of allylic oxidation sites excluding steroid dienone is 2. The molecule has 112 valence electrons. The van der Waals surface area contributed by atoms with Crippen LogP contribution >= 0.6 is 11.6 Å². The van der Waals surface area contributed by atoms with E-state index in [-0.39, 0.29) is 40.9 Å². The molecule has 3 nitrogen and oxygen atoms in total. The maximum absolute atomic E-state index is 12.9. The number of hydrogen-bond donors (Lipinski definition) is 0. The first-order valence-corrected chi connectivity index (χ1v) is 8.25. The number of rotatable bonds is 1. The molecule has 0 aromatic heterocycles. The van der Waals surface area contributed by atoms with Gasteiger partial charge in [0.05, 0.1) is 17.5 Å². The Balaban J connectivity index is 1.57. The molecule has 4 heteroatoms. The molecule has 3 aliphatic carbocycles. The second-order valence-corrected chi connectivity index (χ2v) is 7.57. The number of hydrogen-bond acceptors (Lipinski definition) is 2. The van der Waals surface area contributed by atoms with Crippen LogP contribution in [0.3, 0.4) is 0 Å². The van der Waals surface area contributed by atoms with E-state index in [1.54, 1.807) is 6.07 Å². The third-order valence-electron chi connectivity index (χ3n) is 6.27. The molecule has 0 radical (unpaired) electrons. The van der Waals surface area contributed by atoms with E-state index in [0.717, 1.165) is 5.56 Å². The van der Waals surface area contributed by atoms with Crippen molar-refractivity contribution in [3.63, 3.8) is 0 Å². The van der Waals surface area contributed by atoms with Gasteiger partial charge in [0.25, 0.3) is 0 Å². The Bertz CT molecular complexity index is 730. The van der Waals surface area contributed by atoms with Crippen LogP contribution in [0.2, 0.25) is 5.02 Å². The second kappa shape index (κ2) is 3.83. The summed E-state index contributed by atoms with van der Waals surface area (Å²) in [6.07, 6.45) is 6.71. The van der Waals surface area contributed by atoms with Crippen LogP contribution in [0.4, 0.5) is 5.69 Å². The van der Waals surface area contributed by atoms with Crippen molar-refractivity contribution in [1.82, 2.24) is 0 Å². The summed E-state index contributed by atoms with van der Waals surface area (Å²) in [5.41, 5.74) is 1.81. The highest BCUT2D eigenvalue weighted by molar-refractivity contribution is 6.32. The molecule has 1 saturated heterocycles. The summed E-state index contributed by atoms with van der Waals surface area (Å²) in [6, 6.07) is 5.41. The Morgan fingerprint density at radius 2 is 1.68 bits per heavy atom.